The fourth-order valence-corrected chi connectivity index (χ4v) is 11.0. The van der Waals surface area contributed by atoms with E-state index >= 15 is 0 Å². The molecule has 57 heavy (non-hydrogen) atoms. The number of para-hydroxylation sites is 1. The highest BCUT2D eigenvalue weighted by Gasteiger charge is 2.52. The van der Waals surface area contributed by atoms with Gasteiger partial charge in [-0.3, -0.25) is 0 Å². The van der Waals surface area contributed by atoms with Gasteiger partial charge in [-0.1, -0.05) is 158 Å². The van der Waals surface area contributed by atoms with Crippen molar-refractivity contribution in [2.75, 3.05) is 4.90 Å². The zero-order chi connectivity index (χ0) is 37.2. The molecule has 1 spiro atoms. The molecule has 9 aromatic rings. The fraction of sp³-hybridized carbons (Fsp3) is 0.0556. The number of allylic oxidation sites excluding steroid dienone is 2. The van der Waals surface area contributed by atoms with Crippen molar-refractivity contribution in [3.05, 3.63) is 228 Å². The largest absolute Gasteiger partial charge is 0.318 e. The van der Waals surface area contributed by atoms with Crippen molar-refractivity contribution in [3.8, 4) is 39.1 Å². The summed E-state index contributed by atoms with van der Waals surface area (Å²) in [7, 11) is 0. The van der Waals surface area contributed by atoms with Crippen LogP contribution in [-0.2, 0) is 5.41 Å². The van der Waals surface area contributed by atoms with E-state index in [4.69, 9.17) is 4.98 Å². The maximum absolute atomic E-state index is 4.83. The molecular formula is C54H35N3. The van der Waals surface area contributed by atoms with Crippen LogP contribution in [0.1, 0.15) is 33.7 Å². The van der Waals surface area contributed by atoms with E-state index in [1.54, 1.807) is 0 Å². The molecule has 0 N–H and O–H groups in total. The van der Waals surface area contributed by atoms with Gasteiger partial charge in [0.2, 0.25) is 0 Å². The van der Waals surface area contributed by atoms with Gasteiger partial charge in [-0.15, -0.1) is 0 Å². The Morgan fingerprint density at radius 2 is 1.09 bits per heavy atom. The summed E-state index contributed by atoms with van der Waals surface area (Å²) < 4.78 is 2.51. The van der Waals surface area contributed by atoms with E-state index in [0.29, 0.717) is 5.92 Å². The van der Waals surface area contributed by atoms with Crippen molar-refractivity contribution in [1.82, 2.24) is 9.55 Å². The van der Waals surface area contributed by atoms with Gasteiger partial charge in [-0.2, -0.15) is 0 Å². The Hall–Kier alpha value is -7.23. The molecule has 3 aliphatic carbocycles. The summed E-state index contributed by atoms with van der Waals surface area (Å²) in [5, 5.41) is 2.54. The first-order valence-corrected chi connectivity index (χ1v) is 20.0. The number of nitrogens with zero attached hydrogens (tertiary/aromatic N) is 3. The van der Waals surface area contributed by atoms with Crippen molar-refractivity contribution in [1.29, 1.82) is 0 Å². The summed E-state index contributed by atoms with van der Waals surface area (Å²) in [4.78, 5) is 7.22. The topological polar surface area (TPSA) is 21.1 Å². The van der Waals surface area contributed by atoms with Crippen LogP contribution in [0, 0.1) is 0 Å². The predicted octanol–water partition coefficient (Wildman–Crippen LogP) is 12.9. The Morgan fingerprint density at radius 3 is 1.82 bits per heavy atom. The smallest absolute Gasteiger partial charge is 0.137 e. The maximum atomic E-state index is 4.83. The second kappa shape index (κ2) is 11.4. The van der Waals surface area contributed by atoms with Gasteiger partial charge < -0.3 is 9.47 Å². The molecule has 1 aliphatic heterocycles. The molecule has 0 amide bonds. The van der Waals surface area contributed by atoms with Crippen LogP contribution in [0.15, 0.2) is 200 Å². The number of benzene rings is 7. The first kappa shape index (κ1) is 31.0. The lowest BCUT2D eigenvalue weighted by atomic mass is 9.70. The number of hydrogen-bond donors (Lipinski definition) is 0. The number of anilines is 2. The molecule has 13 rings (SSSR count). The van der Waals surface area contributed by atoms with E-state index in [1.165, 1.54) is 83.0 Å². The summed E-state index contributed by atoms with van der Waals surface area (Å²) in [5.74, 6) is 1.37. The second-order valence-corrected chi connectivity index (χ2v) is 15.8. The highest BCUT2D eigenvalue weighted by Crippen LogP contribution is 2.64. The van der Waals surface area contributed by atoms with Gasteiger partial charge in [-0.25, -0.2) is 4.98 Å². The van der Waals surface area contributed by atoms with E-state index in [1.807, 2.05) is 12.3 Å². The third-order valence-electron chi connectivity index (χ3n) is 13.2. The summed E-state index contributed by atoms with van der Waals surface area (Å²) in [5.41, 5.74) is 18.8. The fourth-order valence-electron chi connectivity index (χ4n) is 11.0. The maximum Gasteiger partial charge on any atom is 0.137 e. The predicted molar refractivity (Wildman–Crippen MR) is 234 cm³/mol. The molecule has 0 saturated carbocycles. The van der Waals surface area contributed by atoms with Crippen LogP contribution in [0.2, 0.25) is 0 Å². The van der Waals surface area contributed by atoms with Crippen LogP contribution in [0.3, 0.4) is 0 Å². The third-order valence-corrected chi connectivity index (χ3v) is 13.2. The molecule has 0 bridgehead atoms. The van der Waals surface area contributed by atoms with Gasteiger partial charge in [0.15, 0.2) is 0 Å². The molecule has 0 radical (unpaired) electrons. The van der Waals surface area contributed by atoms with E-state index in [0.717, 1.165) is 17.2 Å². The summed E-state index contributed by atoms with van der Waals surface area (Å²) >= 11 is 0. The molecule has 4 aliphatic rings. The minimum absolute atomic E-state index is 0.234. The monoisotopic (exact) mass is 725 g/mol. The molecule has 7 aromatic carbocycles. The molecular weight excluding hydrogens is 691 g/mol. The number of fused-ring (bicyclic) bond motifs is 17. The lowest BCUT2D eigenvalue weighted by Gasteiger charge is -2.30. The van der Waals surface area contributed by atoms with Crippen LogP contribution in [0.5, 0.6) is 0 Å². The van der Waals surface area contributed by atoms with Gasteiger partial charge in [-0.05, 0) is 86.5 Å². The Kier molecular flexibility index (Phi) is 6.21. The van der Waals surface area contributed by atoms with Crippen molar-refractivity contribution in [2.45, 2.75) is 17.4 Å². The number of aromatic nitrogens is 2. The molecule has 0 saturated heterocycles. The SMILES string of the molecule is C1=CC2c3cccnc3N(c3ccc(-c4ccc(-n5c6ccccc6c6ccc7c(c65)-c5ccccc5C75c6ccccc6-c6ccccc65)cc4)cc3)C2C=C1. The van der Waals surface area contributed by atoms with Crippen LogP contribution in [0.25, 0.3) is 60.9 Å². The normalized spacial score (nSPS) is 17.4. The Morgan fingerprint density at radius 1 is 0.474 bits per heavy atom. The molecule has 3 heterocycles. The summed E-state index contributed by atoms with van der Waals surface area (Å²) in [6.07, 6.45) is 10.8. The van der Waals surface area contributed by atoms with Gasteiger partial charge >= 0.3 is 0 Å². The quantitative estimate of drug-likeness (QED) is 0.181. The van der Waals surface area contributed by atoms with Gasteiger partial charge in [0.05, 0.1) is 22.5 Å². The van der Waals surface area contributed by atoms with Gasteiger partial charge in [0.1, 0.15) is 5.82 Å². The first-order valence-electron chi connectivity index (χ1n) is 20.0. The van der Waals surface area contributed by atoms with Crippen molar-refractivity contribution < 1.29 is 0 Å². The van der Waals surface area contributed by atoms with Gasteiger partial charge in [0.25, 0.3) is 0 Å². The van der Waals surface area contributed by atoms with Crippen molar-refractivity contribution in [2.24, 2.45) is 0 Å². The summed E-state index contributed by atoms with van der Waals surface area (Å²) in [6, 6.07) is 63.6. The number of rotatable bonds is 3. The lowest BCUT2D eigenvalue weighted by molar-refractivity contribution is 0.743. The molecule has 0 fully saturated rings. The Bertz CT molecular complexity index is 3150. The zero-order valence-corrected chi connectivity index (χ0v) is 31.0. The molecule has 2 aromatic heterocycles. The molecule has 3 heteroatoms. The van der Waals surface area contributed by atoms with Gasteiger partial charge in [0, 0.05) is 45.4 Å². The molecule has 266 valence electrons. The average molecular weight is 726 g/mol. The highest BCUT2D eigenvalue weighted by atomic mass is 15.2. The standard InChI is InChI=1S/C54H35N3/c1-6-18-45-38(12-1)39-13-2-7-19-46(39)54(45)47-20-8-3-16-44(47)51-48(54)32-31-42-40-14-4-9-21-49(40)56(52(42)51)36-27-23-34(24-28-36)35-25-29-37(30-26-35)57-50-22-10-5-15-41(50)43-17-11-33-55-53(43)57/h1-33,41,50H. The van der Waals surface area contributed by atoms with Crippen LogP contribution < -0.4 is 4.90 Å². The zero-order valence-electron chi connectivity index (χ0n) is 31.0. The Balaban J connectivity index is 0.966. The van der Waals surface area contributed by atoms with Crippen LogP contribution in [0.4, 0.5) is 11.5 Å². The van der Waals surface area contributed by atoms with E-state index < -0.39 is 0 Å². The molecule has 2 atom stereocenters. The van der Waals surface area contributed by atoms with E-state index in [2.05, 4.69) is 198 Å². The third kappa shape index (κ3) is 3.98. The average Bonchev–Trinajstić information content (AvgIpc) is 3.99. The second-order valence-electron chi connectivity index (χ2n) is 15.8. The van der Waals surface area contributed by atoms with E-state index in [-0.39, 0.29) is 11.5 Å². The van der Waals surface area contributed by atoms with E-state index in [9.17, 15) is 0 Å². The molecule has 3 nitrogen and oxygen atoms in total. The lowest BCUT2D eigenvalue weighted by Crippen LogP contribution is -2.28. The minimum atomic E-state index is -0.386. The van der Waals surface area contributed by atoms with Crippen LogP contribution in [-0.4, -0.2) is 15.6 Å². The summed E-state index contributed by atoms with van der Waals surface area (Å²) in [6.45, 7) is 0. The Labute approximate surface area is 331 Å². The highest BCUT2D eigenvalue weighted by molar-refractivity contribution is 6.16. The molecule has 2 unspecified atom stereocenters. The number of hydrogen-bond acceptors (Lipinski definition) is 2. The first-order chi connectivity index (χ1) is 28.3. The van der Waals surface area contributed by atoms with Crippen LogP contribution >= 0.6 is 0 Å². The van der Waals surface area contributed by atoms with Crippen molar-refractivity contribution >= 4 is 33.3 Å². The van der Waals surface area contributed by atoms with Crippen molar-refractivity contribution in [3.63, 3.8) is 0 Å². The number of pyridine rings is 1. The minimum Gasteiger partial charge on any atom is -0.318 e.